The van der Waals surface area contributed by atoms with E-state index in [4.69, 9.17) is 4.74 Å². The minimum Gasteiger partial charge on any atom is -0.360 e. The van der Waals surface area contributed by atoms with Crippen LogP contribution in [-0.4, -0.2) is 31.2 Å². The number of nitrogens with one attached hydrogen (secondary N) is 1. The van der Waals surface area contributed by atoms with Crippen molar-refractivity contribution in [3.63, 3.8) is 0 Å². The van der Waals surface area contributed by atoms with Crippen LogP contribution in [0.15, 0.2) is 0 Å². The van der Waals surface area contributed by atoms with Gasteiger partial charge in [-0.1, -0.05) is 0 Å². The molecule has 2 aliphatic rings. The molecule has 1 N–H and O–H groups in total. The van der Waals surface area contributed by atoms with Gasteiger partial charge in [0.05, 0.1) is 0 Å². The molecule has 52 valence electrons. The van der Waals surface area contributed by atoms with Crippen LogP contribution in [0.1, 0.15) is 0 Å². The molecule has 0 atom stereocenters. The highest BCUT2D eigenvalue weighted by atomic mass is 19.3. The molecule has 0 bridgehead atoms. The Labute approximate surface area is 51.2 Å². The maximum absolute atomic E-state index is 12.5. The van der Waals surface area contributed by atoms with E-state index in [1.807, 2.05) is 0 Å². The van der Waals surface area contributed by atoms with E-state index in [-0.39, 0.29) is 0 Å². The maximum Gasteiger partial charge on any atom is 0.301 e. The van der Waals surface area contributed by atoms with Crippen molar-refractivity contribution < 1.29 is 13.5 Å². The summed E-state index contributed by atoms with van der Waals surface area (Å²) in [5, 5.41) is 2.75. The van der Waals surface area contributed by atoms with Gasteiger partial charge in [-0.05, 0) is 0 Å². The molecule has 2 rings (SSSR count). The molecule has 0 amide bonds. The molecule has 2 saturated heterocycles. The largest absolute Gasteiger partial charge is 0.360 e. The van der Waals surface area contributed by atoms with Crippen LogP contribution in [0.3, 0.4) is 0 Å². The van der Waals surface area contributed by atoms with Gasteiger partial charge in [-0.2, -0.15) is 0 Å². The Morgan fingerprint density at radius 1 is 1.33 bits per heavy atom. The summed E-state index contributed by atoms with van der Waals surface area (Å²) in [6.07, 6.45) is 0. The first-order chi connectivity index (χ1) is 4.16. The van der Waals surface area contributed by atoms with Gasteiger partial charge in [-0.3, -0.25) is 0 Å². The van der Waals surface area contributed by atoms with Gasteiger partial charge in [-0.15, -0.1) is 0 Å². The van der Waals surface area contributed by atoms with Gasteiger partial charge >= 0.3 is 5.92 Å². The molecular formula is C5H7F2NO. The van der Waals surface area contributed by atoms with E-state index in [9.17, 15) is 8.78 Å². The third-order valence-electron chi connectivity index (χ3n) is 2.02. The fourth-order valence-corrected chi connectivity index (χ4v) is 1.10. The molecule has 2 nitrogen and oxygen atoms in total. The van der Waals surface area contributed by atoms with Crippen molar-refractivity contribution in [2.45, 2.75) is 11.5 Å². The lowest BCUT2D eigenvalue weighted by molar-refractivity contribution is -0.343. The zero-order chi connectivity index (χ0) is 6.54. The van der Waals surface area contributed by atoms with Gasteiger partial charge in [0.25, 0.3) is 0 Å². The van der Waals surface area contributed by atoms with E-state index in [1.54, 1.807) is 0 Å². The first-order valence-electron chi connectivity index (χ1n) is 2.89. The maximum atomic E-state index is 12.5. The molecule has 0 radical (unpaired) electrons. The molecule has 0 saturated carbocycles. The van der Waals surface area contributed by atoms with Crippen LogP contribution in [0.4, 0.5) is 8.78 Å². The molecule has 2 aliphatic heterocycles. The summed E-state index contributed by atoms with van der Waals surface area (Å²) >= 11 is 0. The Hall–Kier alpha value is -0.220. The highest BCUT2D eigenvalue weighted by Gasteiger charge is 2.66. The quantitative estimate of drug-likeness (QED) is 0.504. The second-order valence-corrected chi connectivity index (χ2v) is 2.59. The van der Waals surface area contributed by atoms with Gasteiger partial charge in [0.2, 0.25) is 0 Å². The zero-order valence-electron chi connectivity index (χ0n) is 4.79. The Bertz CT molecular complexity index is 138. The fourth-order valence-electron chi connectivity index (χ4n) is 1.10. The van der Waals surface area contributed by atoms with E-state index in [0.717, 1.165) is 0 Å². The summed E-state index contributed by atoms with van der Waals surface area (Å²) in [5.41, 5.74) is -1.10. The second-order valence-electron chi connectivity index (χ2n) is 2.59. The van der Waals surface area contributed by atoms with Crippen molar-refractivity contribution in [3.8, 4) is 0 Å². The highest BCUT2D eigenvalue weighted by molar-refractivity contribution is 5.11. The minimum atomic E-state index is -2.57. The Morgan fingerprint density at radius 2 is 2.00 bits per heavy atom. The molecule has 0 aromatic rings. The summed E-state index contributed by atoms with van der Waals surface area (Å²) in [5.74, 6) is -2.57. The topological polar surface area (TPSA) is 21.3 Å². The summed E-state index contributed by atoms with van der Waals surface area (Å²) in [7, 11) is 0. The Kier molecular flexibility index (Phi) is 0.784. The smallest absolute Gasteiger partial charge is 0.301 e. The lowest BCUT2D eigenvalue weighted by atomic mass is 9.85. The van der Waals surface area contributed by atoms with Crippen molar-refractivity contribution in [2.75, 3.05) is 19.7 Å². The Morgan fingerprint density at radius 3 is 2.00 bits per heavy atom. The molecule has 4 heteroatoms. The number of hydrogen-bond acceptors (Lipinski definition) is 2. The number of ether oxygens (including phenoxy) is 1. The van der Waals surface area contributed by atoms with Crippen LogP contribution in [0.5, 0.6) is 0 Å². The van der Waals surface area contributed by atoms with E-state index in [0.29, 0.717) is 13.1 Å². The first kappa shape index (κ1) is 5.56. The van der Waals surface area contributed by atoms with Gasteiger partial charge in [0, 0.05) is 13.1 Å². The van der Waals surface area contributed by atoms with Gasteiger partial charge in [-0.25, -0.2) is 8.78 Å². The minimum absolute atomic E-state index is 0.306. The van der Waals surface area contributed by atoms with Gasteiger partial charge in [0.1, 0.15) is 6.61 Å². The third kappa shape index (κ3) is 0.460. The molecule has 2 fully saturated rings. The average Bonchev–Trinajstić information content (AvgIpc) is 1.59. The first-order valence-corrected chi connectivity index (χ1v) is 2.89. The number of alkyl halides is 2. The predicted octanol–water partition coefficient (Wildman–Crippen LogP) is -0.00610. The van der Waals surface area contributed by atoms with E-state index < -0.39 is 18.1 Å². The van der Waals surface area contributed by atoms with Crippen molar-refractivity contribution >= 4 is 0 Å². The summed E-state index contributed by atoms with van der Waals surface area (Å²) in [6.45, 7) is 0.217. The van der Waals surface area contributed by atoms with E-state index in [2.05, 4.69) is 5.32 Å². The van der Waals surface area contributed by atoms with Crippen molar-refractivity contribution in [1.82, 2.24) is 5.32 Å². The highest BCUT2D eigenvalue weighted by Crippen LogP contribution is 2.44. The number of rotatable bonds is 0. The van der Waals surface area contributed by atoms with Crippen LogP contribution < -0.4 is 5.32 Å². The molecule has 9 heavy (non-hydrogen) atoms. The van der Waals surface area contributed by atoms with Crippen molar-refractivity contribution in [3.05, 3.63) is 0 Å². The zero-order valence-corrected chi connectivity index (χ0v) is 4.79. The lowest BCUT2D eigenvalue weighted by Crippen LogP contribution is -2.78. The summed E-state index contributed by atoms with van der Waals surface area (Å²) in [6, 6.07) is 0. The number of halogens is 2. The van der Waals surface area contributed by atoms with Crippen LogP contribution in [0.25, 0.3) is 0 Å². The molecule has 2 heterocycles. The fraction of sp³-hybridized carbons (Fsp3) is 1.00. The third-order valence-corrected chi connectivity index (χ3v) is 2.02. The van der Waals surface area contributed by atoms with Crippen molar-refractivity contribution in [2.24, 2.45) is 0 Å². The summed E-state index contributed by atoms with van der Waals surface area (Å²) in [4.78, 5) is 0. The summed E-state index contributed by atoms with van der Waals surface area (Å²) < 4.78 is 29.7. The van der Waals surface area contributed by atoms with Crippen LogP contribution in [0, 0.1) is 0 Å². The monoisotopic (exact) mass is 135 g/mol. The lowest BCUT2D eigenvalue weighted by Gasteiger charge is -2.54. The van der Waals surface area contributed by atoms with Crippen LogP contribution >= 0.6 is 0 Å². The van der Waals surface area contributed by atoms with Gasteiger partial charge in [0.15, 0.2) is 5.60 Å². The number of hydrogen-bond donors (Lipinski definition) is 1. The SMILES string of the molecule is FC1(F)COC12CNC2. The average molecular weight is 135 g/mol. The molecule has 0 aromatic carbocycles. The van der Waals surface area contributed by atoms with E-state index in [1.165, 1.54) is 0 Å². The van der Waals surface area contributed by atoms with Crippen LogP contribution in [-0.2, 0) is 4.74 Å². The molecule has 0 unspecified atom stereocenters. The van der Waals surface area contributed by atoms with E-state index >= 15 is 0 Å². The normalized spacial score (nSPS) is 35.3. The standard InChI is InChI=1S/C5H7F2NO/c6-5(7)3-9-4(5)1-8-2-4/h8H,1-3H2. The molecule has 1 spiro atoms. The van der Waals surface area contributed by atoms with Crippen LogP contribution in [0.2, 0.25) is 0 Å². The van der Waals surface area contributed by atoms with Crippen molar-refractivity contribution in [1.29, 1.82) is 0 Å². The Balaban J connectivity index is 2.13. The van der Waals surface area contributed by atoms with Gasteiger partial charge < -0.3 is 10.1 Å². The predicted molar refractivity (Wildman–Crippen MR) is 26.5 cm³/mol. The second kappa shape index (κ2) is 1.27. The molecule has 0 aliphatic carbocycles. The molecular weight excluding hydrogens is 128 g/mol. The molecule has 0 aromatic heterocycles.